The Hall–Kier alpha value is -1.91. The molecule has 0 spiro atoms. The summed E-state index contributed by atoms with van der Waals surface area (Å²) < 4.78 is 6.52. The fourth-order valence-electron chi connectivity index (χ4n) is 2.33. The van der Waals surface area contributed by atoms with E-state index in [-0.39, 0.29) is 18.6 Å². The second-order valence-corrected chi connectivity index (χ2v) is 5.84. The highest BCUT2D eigenvalue weighted by Gasteiger charge is 2.23. The minimum absolute atomic E-state index is 0.228. The van der Waals surface area contributed by atoms with Gasteiger partial charge in [-0.3, -0.25) is 4.79 Å². The molecule has 136 valence electrons. The summed E-state index contributed by atoms with van der Waals surface area (Å²) >= 11 is 0. The molecule has 0 aliphatic heterocycles. The van der Waals surface area contributed by atoms with E-state index in [1.54, 1.807) is 20.0 Å². The first-order valence-corrected chi connectivity index (χ1v) is 8.72. The fraction of sp³-hybridized carbons (Fsp3) is 0.632. The summed E-state index contributed by atoms with van der Waals surface area (Å²) in [5.74, 6) is 0.0266. The molecule has 0 bridgehead atoms. The molecule has 1 rings (SSSR count). The molecule has 1 atom stereocenters. The number of ether oxygens (including phenoxy) is 1. The maximum atomic E-state index is 12.3. The van der Waals surface area contributed by atoms with Crippen molar-refractivity contribution in [2.45, 2.75) is 66.8 Å². The Balaban J connectivity index is 0.00000254. The third-order valence-corrected chi connectivity index (χ3v) is 3.61. The predicted molar refractivity (Wildman–Crippen MR) is 96.3 cm³/mol. The van der Waals surface area contributed by atoms with Crippen LogP contribution in [0.25, 0.3) is 0 Å². The quantitative estimate of drug-likeness (QED) is 0.538. The van der Waals surface area contributed by atoms with Crippen molar-refractivity contribution >= 4 is 12.3 Å². The summed E-state index contributed by atoms with van der Waals surface area (Å²) in [6, 6.07) is 0.835. The van der Waals surface area contributed by atoms with Gasteiger partial charge in [-0.05, 0) is 43.7 Å². The van der Waals surface area contributed by atoms with Gasteiger partial charge in [0.05, 0.1) is 6.61 Å². The number of nitrogens with zero attached hydrogens (tertiary/aromatic N) is 1. The van der Waals surface area contributed by atoms with Crippen LogP contribution in [0, 0.1) is 12.8 Å². The molecular weight excluding hydrogens is 306 g/mol. The first-order valence-electron chi connectivity index (χ1n) is 8.72. The zero-order chi connectivity index (χ0) is 18.7. The Bertz CT molecular complexity index is 575. The van der Waals surface area contributed by atoms with Gasteiger partial charge >= 0.3 is 5.97 Å². The van der Waals surface area contributed by atoms with E-state index in [1.165, 1.54) is 10.6 Å². The summed E-state index contributed by atoms with van der Waals surface area (Å²) in [4.78, 5) is 35.2. The average Bonchev–Trinajstić information content (AvgIpc) is 2.53. The van der Waals surface area contributed by atoms with Gasteiger partial charge in [0.25, 0.3) is 5.56 Å². The summed E-state index contributed by atoms with van der Waals surface area (Å²) in [6.07, 6.45) is 4.00. The third-order valence-electron chi connectivity index (χ3n) is 3.61. The van der Waals surface area contributed by atoms with Crippen LogP contribution in [-0.4, -0.2) is 23.4 Å². The standard InChI is InChI=1S/C17H25NO4.C2H6/c1-5-22-17(21)15(7-6-12(2)3)18-11-14(8-9-19)13(4)10-16(18)20;1-2/h9-12,15H,5-8H2,1-4H3;1-2H3. The first kappa shape index (κ1) is 22.1. The summed E-state index contributed by atoms with van der Waals surface area (Å²) in [6.45, 7) is 11.9. The summed E-state index contributed by atoms with van der Waals surface area (Å²) in [5, 5.41) is 0. The number of carbonyl (C=O) groups is 2. The predicted octanol–water partition coefficient (Wildman–Crippen LogP) is 3.46. The zero-order valence-corrected chi connectivity index (χ0v) is 15.8. The number of rotatable bonds is 8. The van der Waals surface area contributed by atoms with Crippen LogP contribution in [0.1, 0.15) is 64.6 Å². The number of hydrogen-bond donors (Lipinski definition) is 0. The van der Waals surface area contributed by atoms with Crippen molar-refractivity contribution in [2.75, 3.05) is 6.61 Å². The van der Waals surface area contributed by atoms with Gasteiger partial charge in [-0.1, -0.05) is 27.7 Å². The molecule has 1 unspecified atom stereocenters. The monoisotopic (exact) mass is 337 g/mol. The largest absolute Gasteiger partial charge is 0.464 e. The van der Waals surface area contributed by atoms with Crippen molar-refractivity contribution in [3.8, 4) is 0 Å². The minimum atomic E-state index is -0.638. The highest BCUT2D eigenvalue weighted by Crippen LogP contribution is 2.19. The van der Waals surface area contributed by atoms with E-state index in [0.717, 1.165) is 23.8 Å². The van der Waals surface area contributed by atoms with E-state index in [9.17, 15) is 14.4 Å². The smallest absolute Gasteiger partial charge is 0.329 e. The van der Waals surface area contributed by atoms with Gasteiger partial charge in [-0.2, -0.15) is 0 Å². The summed E-state index contributed by atoms with van der Waals surface area (Å²) in [7, 11) is 0. The molecule has 5 heteroatoms. The number of carbonyl (C=O) groups excluding carboxylic acids is 2. The molecule has 0 radical (unpaired) electrons. The Kier molecular flexibility index (Phi) is 10.7. The maximum Gasteiger partial charge on any atom is 0.329 e. The average molecular weight is 337 g/mol. The Morgan fingerprint density at radius 3 is 2.42 bits per heavy atom. The molecule has 0 aliphatic rings. The van der Waals surface area contributed by atoms with Gasteiger partial charge in [0.1, 0.15) is 12.3 Å². The van der Waals surface area contributed by atoms with Crippen molar-refractivity contribution < 1.29 is 14.3 Å². The molecule has 24 heavy (non-hydrogen) atoms. The van der Waals surface area contributed by atoms with Crippen LogP contribution >= 0.6 is 0 Å². The molecule has 0 aromatic carbocycles. The van der Waals surface area contributed by atoms with Gasteiger partial charge in [0, 0.05) is 18.7 Å². The normalized spacial score (nSPS) is 11.5. The first-order chi connectivity index (χ1) is 11.4. The second-order valence-electron chi connectivity index (χ2n) is 5.84. The van der Waals surface area contributed by atoms with Crippen LogP contribution < -0.4 is 5.56 Å². The summed E-state index contributed by atoms with van der Waals surface area (Å²) in [5.41, 5.74) is 1.28. The van der Waals surface area contributed by atoms with Crippen molar-refractivity contribution in [1.29, 1.82) is 0 Å². The number of aromatic nitrogens is 1. The van der Waals surface area contributed by atoms with Gasteiger partial charge in [-0.15, -0.1) is 0 Å². The minimum Gasteiger partial charge on any atom is -0.464 e. The third kappa shape index (κ3) is 6.69. The molecule has 0 amide bonds. The van der Waals surface area contributed by atoms with E-state index in [2.05, 4.69) is 13.8 Å². The Morgan fingerprint density at radius 2 is 1.92 bits per heavy atom. The maximum absolute atomic E-state index is 12.3. The van der Waals surface area contributed by atoms with E-state index in [4.69, 9.17) is 4.74 Å². The van der Waals surface area contributed by atoms with Crippen molar-refractivity contribution in [1.82, 2.24) is 4.57 Å². The Labute approximate surface area is 145 Å². The van der Waals surface area contributed by atoms with Gasteiger partial charge in [0.2, 0.25) is 0 Å². The zero-order valence-electron chi connectivity index (χ0n) is 15.8. The molecule has 0 fully saturated rings. The van der Waals surface area contributed by atoms with Crippen LogP contribution in [0.15, 0.2) is 17.1 Å². The van der Waals surface area contributed by atoms with Gasteiger partial charge in [0.15, 0.2) is 0 Å². The van der Waals surface area contributed by atoms with Crippen LogP contribution in [-0.2, 0) is 20.7 Å². The van der Waals surface area contributed by atoms with Crippen LogP contribution in [0.3, 0.4) is 0 Å². The van der Waals surface area contributed by atoms with Crippen molar-refractivity contribution in [3.05, 3.63) is 33.7 Å². The van der Waals surface area contributed by atoms with Crippen molar-refractivity contribution in [3.63, 3.8) is 0 Å². The number of aryl methyl sites for hydroxylation is 1. The van der Waals surface area contributed by atoms with Gasteiger partial charge in [-0.25, -0.2) is 4.79 Å². The molecule has 1 heterocycles. The topological polar surface area (TPSA) is 65.4 Å². The lowest BCUT2D eigenvalue weighted by molar-refractivity contribution is -0.147. The number of pyridine rings is 1. The molecule has 0 saturated carbocycles. The highest BCUT2D eigenvalue weighted by molar-refractivity contribution is 5.74. The van der Waals surface area contributed by atoms with Gasteiger partial charge < -0.3 is 14.1 Å². The lowest BCUT2D eigenvalue weighted by Gasteiger charge is -2.20. The van der Waals surface area contributed by atoms with E-state index >= 15 is 0 Å². The lowest BCUT2D eigenvalue weighted by Crippen LogP contribution is -2.31. The SMILES string of the molecule is CC.CCOC(=O)C(CCC(C)C)n1cc(CC=O)c(C)cc1=O. The highest BCUT2D eigenvalue weighted by atomic mass is 16.5. The van der Waals surface area contributed by atoms with Crippen LogP contribution in [0.2, 0.25) is 0 Å². The molecular formula is C19H31NO4. The molecule has 0 N–H and O–H groups in total. The molecule has 0 aliphatic carbocycles. The van der Waals surface area contributed by atoms with E-state index in [0.29, 0.717) is 12.3 Å². The Morgan fingerprint density at radius 1 is 1.29 bits per heavy atom. The molecule has 5 nitrogen and oxygen atoms in total. The lowest BCUT2D eigenvalue weighted by atomic mass is 10.0. The fourth-order valence-corrected chi connectivity index (χ4v) is 2.33. The van der Waals surface area contributed by atoms with Crippen LogP contribution in [0.5, 0.6) is 0 Å². The van der Waals surface area contributed by atoms with E-state index < -0.39 is 12.0 Å². The van der Waals surface area contributed by atoms with Crippen LogP contribution in [0.4, 0.5) is 0 Å². The number of aldehydes is 1. The molecule has 1 aromatic rings. The second kappa shape index (κ2) is 11.6. The number of esters is 1. The molecule has 0 saturated heterocycles. The van der Waals surface area contributed by atoms with Crippen molar-refractivity contribution in [2.24, 2.45) is 5.92 Å². The number of hydrogen-bond acceptors (Lipinski definition) is 4. The molecule has 1 aromatic heterocycles. The van der Waals surface area contributed by atoms with E-state index in [1.807, 2.05) is 13.8 Å².